The molecule has 3 amide bonds. The van der Waals surface area contributed by atoms with Gasteiger partial charge in [-0.2, -0.15) is 0 Å². The van der Waals surface area contributed by atoms with Gasteiger partial charge in [0.05, 0.1) is 28.4 Å². The molecule has 2 aliphatic rings. The van der Waals surface area contributed by atoms with Crippen molar-refractivity contribution in [1.29, 1.82) is 0 Å². The Labute approximate surface area is 225 Å². The number of sulfone groups is 1. The molecular weight excluding hydrogens is 537 g/mol. The number of carbonyl (C=O) groups excluding carboxylic acids is 3. The van der Waals surface area contributed by atoms with Gasteiger partial charge in [-0.15, -0.1) is 0 Å². The number of halogens is 2. The second kappa shape index (κ2) is 10.5. The molecule has 2 aromatic rings. The van der Waals surface area contributed by atoms with Crippen LogP contribution in [0, 0.1) is 5.82 Å². The Morgan fingerprint density at radius 1 is 1.13 bits per heavy atom. The largest absolute Gasteiger partial charge is 0.444 e. The van der Waals surface area contributed by atoms with Crippen molar-refractivity contribution in [3.05, 3.63) is 58.4 Å². The first kappa shape index (κ1) is 27.8. The molecule has 1 aliphatic carbocycles. The number of fused-ring (bicyclic) bond motifs is 1. The summed E-state index contributed by atoms with van der Waals surface area (Å²) in [6, 6.07) is 6.75. The van der Waals surface area contributed by atoms with Gasteiger partial charge in [0, 0.05) is 11.1 Å². The molecule has 204 valence electrons. The summed E-state index contributed by atoms with van der Waals surface area (Å²) in [6.45, 7) is 4.75. The van der Waals surface area contributed by atoms with Gasteiger partial charge < -0.3 is 20.3 Å². The van der Waals surface area contributed by atoms with E-state index in [0.717, 1.165) is 36.3 Å². The molecule has 1 heterocycles. The standard InChI is InChI=1S/C26H29ClFN3O6S/c1-26(2,3)37-25(34)30-20-14-38(35,36)22-12-19(28)18(23(32)29-17-5-4-6-17)11-21(22)31(24(20)33)13-15-7-9-16(27)10-8-15/h7-12,17,20H,4-6,13-14H2,1-3H3,(H,29,32)(H,30,34)/t20-/m0/s1. The fourth-order valence-corrected chi connectivity index (χ4v) is 5.91. The van der Waals surface area contributed by atoms with Crippen molar-refractivity contribution in [2.45, 2.75) is 69.2 Å². The number of carbonyl (C=O) groups is 3. The normalized spacial score (nSPS) is 19.1. The van der Waals surface area contributed by atoms with Crippen LogP contribution in [-0.2, 0) is 25.9 Å². The van der Waals surface area contributed by atoms with Crippen molar-refractivity contribution < 1.29 is 31.9 Å². The van der Waals surface area contributed by atoms with Crippen LogP contribution < -0.4 is 15.5 Å². The minimum atomic E-state index is -4.29. The van der Waals surface area contributed by atoms with E-state index in [9.17, 15) is 22.8 Å². The van der Waals surface area contributed by atoms with Gasteiger partial charge in [0.1, 0.15) is 17.5 Å². The first-order chi connectivity index (χ1) is 17.7. The molecule has 1 atom stereocenters. The summed E-state index contributed by atoms with van der Waals surface area (Å²) in [6.07, 6.45) is 1.51. The third-order valence-corrected chi connectivity index (χ3v) is 8.28. The van der Waals surface area contributed by atoms with Gasteiger partial charge in [-0.1, -0.05) is 23.7 Å². The van der Waals surface area contributed by atoms with E-state index in [4.69, 9.17) is 16.3 Å². The zero-order valence-electron chi connectivity index (χ0n) is 21.2. The van der Waals surface area contributed by atoms with E-state index in [1.54, 1.807) is 45.0 Å². The van der Waals surface area contributed by atoms with Crippen molar-refractivity contribution in [3.63, 3.8) is 0 Å². The molecule has 1 saturated carbocycles. The summed E-state index contributed by atoms with van der Waals surface area (Å²) in [7, 11) is -4.29. The van der Waals surface area contributed by atoms with E-state index in [1.807, 2.05) is 0 Å². The second-order valence-corrected chi connectivity index (χ2v) is 12.9. The molecule has 1 aliphatic heterocycles. The number of nitrogens with one attached hydrogen (secondary N) is 2. The van der Waals surface area contributed by atoms with Crippen LogP contribution in [0.1, 0.15) is 56.0 Å². The summed E-state index contributed by atoms with van der Waals surface area (Å²) < 4.78 is 47.1. The van der Waals surface area contributed by atoms with Crippen LogP contribution in [0.3, 0.4) is 0 Å². The fraction of sp³-hybridized carbons (Fsp3) is 0.423. The minimum absolute atomic E-state index is 0.0846. The van der Waals surface area contributed by atoms with Crippen molar-refractivity contribution >= 4 is 45.0 Å². The van der Waals surface area contributed by atoms with E-state index < -0.39 is 55.9 Å². The summed E-state index contributed by atoms with van der Waals surface area (Å²) >= 11 is 5.98. The van der Waals surface area contributed by atoms with Gasteiger partial charge in [-0.05, 0) is 69.9 Å². The molecule has 0 saturated heterocycles. The van der Waals surface area contributed by atoms with Gasteiger partial charge >= 0.3 is 6.09 Å². The Morgan fingerprint density at radius 2 is 1.79 bits per heavy atom. The maximum atomic E-state index is 15.1. The number of anilines is 1. The molecule has 1 fully saturated rings. The number of amides is 3. The molecule has 0 bridgehead atoms. The van der Waals surface area contributed by atoms with Crippen molar-refractivity contribution in [1.82, 2.24) is 10.6 Å². The predicted molar refractivity (Wildman–Crippen MR) is 139 cm³/mol. The number of benzene rings is 2. The monoisotopic (exact) mass is 565 g/mol. The Morgan fingerprint density at radius 3 is 2.37 bits per heavy atom. The summed E-state index contributed by atoms with van der Waals surface area (Å²) in [5, 5.41) is 5.54. The van der Waals surface area contributed by atoms with Gasteiger partial charge in [-0.3, -0.25) is 9.59 Å². The SMILES string of the molecule is CC(C)(C)OC(=O)N[C@H]1CS(=O)(=O)c2cc(F)c(C(=O)NC3CCC3)cc2N(Cc2ccc(Cl)cc2)C1=O. The van der Waals surface area contributed by atoms with E-state index in [0.29, 0.717) is 10.6 Å². The van der Waals surface area contributed by atoms with Crippen LogP contribution >= 0.6 is 11.6 Å². The highest BCUT2D eigenvalue weighted by Crippen LogP contribution is 2.34. The Bertz CT molecular complexity index is 1370. The van der Waals surface area contributed by atoms with E-state index in [-0.39, 0.29) is 23.8 Å². The van der Waals surface area contributed by atoms with Crippen LogP contribution in [0.2, 0.25) is 5.02 Å². The van der Waals surface area contributed by atoms with Crippen molar-refractivity contribution in [2.24, 2.45) is 0 Å². The molecule has 9 nitrogen and oxygen atoms in total. The molecule has 0 spiro atoms. The highest BCUT2D eigenvalue weighted by atomic mass is 35.5. The summed E-state index contributed by atoms with van der Waals surface area (Å²) in [4.78, 5) is 39.7. The zero-order valence-corrected chi connectivity index (χ0v) is 22.8. The van der Waals surface area contributed by atoms with Crippen LogP contribution in [0.5, 0.6) is 0 Å². The van der Waals surface area contributed by atoms with Crippen LogP contribution in [0.15, 0.2) is 41.3 Å². The quantitative estimate of drug-likeness (QED) is 0.565. The first-order valence-corrected chi connectivity index (χ1v) is 14.2. The van der Waals surface area contributed by atoms with Gasteiger partial charge in [-0.25, -0.2) is 17.6 Å². The Hall–Kier alpha value is -3.18. The predicted octanol–water partition coefficient (Wildman–Crippen LogP) is 3.98. The smallest absolute Gasteiger partial charge is 0.408 e. The first-order valence-electron chi connectivity index (χ1n) is 12.2. The highest BCUT2D eigenvalue weighted by Gasteiger charge is 2.40. The lowest BCUT2D eigenvalue weighted by atomic mass is 9.93. The summed E-state index contributed by atoms with van der Waals surface area (Å²) in [5.41, 5.74) is -0.833. The lowest BCUT2D eigenvalue weighted by Gasteiger charge is -2.28. The number of nitrogens with zero attached hydrogens (tertiary/aromatic N) is 1. The third-order valence-electron chi connectivity index (χ3n) is 6.25. The lowest BCUT2D eigenvalue weighted by Crippen LogP contribution is -2.51. The molecule has 12 heteroatoms. The van der Waals surface area contributed by atoms with Crippen LogP contribution in [0.25, 0.3) is 0 Å². The van der Waals surface area contributed by atoms with Gasteiger partial charge in [0.25, 0.3) is 11.8 Å². The number of rotatable bonds is 5. The average Bonchev–Trinajstić information content (AvgIpc) is 2.84. The number of hydrogen-bond acceptors (Lipinski definition) is 6. The number of hydrogen-bond donors (Lipinski definition) is 2. The lowest BCUT2D eigenvalue weighted by molar-refractivity contribution is -0.120. The molecule has 2 aromatic carbocycles. The number of ether oxygens (including phenoxy) is 1. The average molecular weight is 566 g/mol. The third kappa shape index (κ3) is 6.27. The topological polar surface area (TPSA) is 122 Å². The van der Waals surface area contributed by atoms with Crippen LogP contribution in [0.4, 0.5) is 14.9 Å². The van der Waals surface area contributed by atoms with Gasteiger partial charge in [0.2, 0.25) is 0 Å². The van der Waals surface area contributed by atoms with Crippen molar-refractivity contribution in [2.75, 3.05) is 10.7 Å². The molecule has 0 unspecified atom stereocenters. The summed E-state index contributed by atoms with van der Waals surface area (Å²) in [5.74, 6) is -3.30. The zero-order chi connectivity index (χ0) is 27.8. The van der Waals surface area contributed by atoms with Crippen molar-refractivity contribution in [3.8, 4) is 0 Å². The molecule has 0 radical (unpaired) electrons. The number of alkyl carbamates (subject to hydrolysis) is 1. The molecule has 2 N–H and O–H groups in total. The van der Waals surface area contributed by atoms with E-state index >= 15 is 4.39 Å². The van der Waals surface area contributed by atoms with E-state index in [1.165, 1.54) is 0 Å². The molecule has 38 heavy (non-hydrogen) atoms. The van der Waals surface area contributed by atoms with E-state index in [2.05, 4.69) is 10.6 Å². The molecular formula is C26H29ClFN3O6S. The highest BCUT2D eigenvalue weighted by molar-refractivity contribution is 7.91. The fourth-order valence-electron chi connectivity index (χ4n) is 4.17. The minimum Gasteiger partial charge on any atom is -0.444 e. The molecule has 0 aromatic heterocycles. The Balaban J connectivity index is 1.78. The maximum Gasteiger partial charge on any atom is 0.408 e. The Kier molecular flexibility index (Phi) is 7.72. The van der Waals surface area contributed by atoms with Gasteiger partial charge in [0.15, 0.2) is 9.84 Å². The van der Waals surface area contributed by atoms with Crippen LogP contribution in [-0.4, -0.2) is 49.8 Å². The second-order valence-electron chi connectivity index (χ2n) is 10.4. The molecule has 4 rings (SSSR count). The maximum absolute atomic E-state index is 15.1.